The molecule has 0 saturated carbocycles. The first kappa shape index (κ1) is 16.1. The number of hydrogen-bond donors (Lipinski definition) is 1. The van der Waals surface area contributed by atoms with E-state index in [2.05, 4.69) is 41.7 Å². The van der Waals surface area contributed by atoms with E-state index in [-0.39, 0.29) is 0 Å². The van der Waals surface area contributed by atoms with Crippen LogP contribution in [-0.4, -0.2) is 45.0 Å². The maximum atomic E-state index is 4.38. The van der Waals surface area contributed by atoms with E-state index >= 15 is 0 Å². The number of fused-ring (bicyclic) bond motifs is 1. The van der Waals surface area contributed by atoms with Crippen LogP contribution in [0.15, 0.2) is 42.7 Å². The minimum absolute atomic E-state index is 0.585. The average molecular weight is 359 g/mol. The molecule has 0 atom stereocenters. The summed E-state index contributed by atoms with van der Waals surface area (Å²) in [5.41, 5.74) is 4.43. The fourth-order valence-corrected chi connectivity index (χ4v) is 3.72. The summed E-state index contributed by atoms with van der Waals surface area (Å²) in [6.07, 6.45) is 6.94. The first-order chi connectivity index (χ1) is 13.3. The van der Waals surface area contributed by atoms with Gasteiger partial charge in [0.1, 0.15) is 5.82 Å². The summed E-state index contributed by atoms with van der Waals surface area (Å²) in [5, 5.41) is 20.8. The summed E-state index contributed by atoms with van der Waals surface area (Å²) in [6.45, 7) is 2.87. The molecule has 0 amide bonds. The molecule has 3 aromatic rings. The second-order valence-electron chi connectivity index (χ2n) is 7.22. The molecule has 1 saturated heterocycles. The van der Waals surface area contributed by atoms with Gasteiger partial charge in [-0.2, -0.15) is 5.10 Å². The molecule has 0 spiro atoms. The van der Waals surface area contributed by atoms with Crippen molar-refractivity contribution >= 4 is 11.6 Å². The number of nitrogens with one attached hydrogen (secondary N) is 1. The Labute approximate surface area is 157 Å². The van der Waals surface area contributed by atoms with E-state index in [0.29, 0.717) is 5.92 Å². The quantitative estimate of drug-likeness (QED) is 0.749. The van der Waals surface area contributed by atoms with Crippen molar-refractivity contribution in [2.24, 2.45) is 5.92 Å². The highest BCUT2D eigenvalue weighted by Gasteiger charge is 2.28. The summed E-state index contributed by atoms with van der Waals surface area (Å²) in [5.74, 6) is 2.42. The van der Waals surface area contributed by atoms with Crippen LogP contribution >= 0.6 is 0 Å². The van der Waals surface area contributed by atoms with Gasteiger partial charge in [0.05, 0.1) is 11.4 Å². The number of rotatable bonds is 5. The van der Waals surface area contributed by atoms with Crippen LogP contribution in [0.25, 0.3) is 11.3 Å². The van der Waals surface area contributed by atoms with Crippen molar-refractivity contribution in [1.29, 1.82) is 0 Å². The minimum Gasteiger partial charge on any atom is -0.368 e. The van der Waals surface area contributed by atoms with Crippen molar-refractivity contribution in [1.82, 2.24) is 25.4 Å². The fourth-order valence-electron chi connectivity index (χ4n) is 3.72. The molecule has 1 N–H and O–H groups in total. The highest BCUT2D eigenvalue weighted by atomic mass is 15.3. The van der Waals surface area contributed by atoms with Gasteiger partial charge in [-0.1, -0.05) is 0 Å². The highest BCUT2D eigenvalue weighted by Crippen LogP contribution is 2.25. The van der Waals surface area contributed by atoms with E-state index < -0.39 is 0 Å². The normalized spacial score (nSPS) is 16.1. The molecule has 136 valence electrons. The van der Waals surface area contributed by atoms with Crippen LogP contribution in [0.4, 0.5) is 11.6 Å². The van der Waals surface area contributed by atoms with Crippen molar-refractivity contribution in [3.8, 4) is 11.3 Å². The second-order valence-corrected chi connectivity index (χ2v) is 7.22. The van der Waals surface area contributed by atoms with Crippen molar-refractivity contribution in [2.75, 3.05) is 29.9 Å². The van der Waals surface area contributed by atoms with Crippen LogP contribution in [0, 0.1) is 5.92 Å². The Morgan fingerprint density at radius 2 is 1.85 bits per heavy atom. The number of anilines is 2. The number of pyridine rings is 1. The zero-order valence-electron chi connectivity index (χ0n) is 15.0. The van der Waals surface area contributed by atoms with Crippen LogP contribution in [-0.2, 0) is 12.8 Å². The first-order valence-corrected chi connectivity index (χ1v) is 9.43. The van der Waals surface area contributed by atoms with Gasteiger partial charge in [-0.15, -0.1) is 15.3 Å². The van der Waals surface area contributed by atoms with Crippen molar-refractivity contribution < 1.29 is 0 Å². The van der Waals surface area contributed by atoms with Crippen molar-refractivity contribution in [3.05, 3.63) is 54.0 Å². The van der Waals surface area contributed by atoms with Crippen LogP contribution in [0.1, 0.15) is 17.7 Å². The molecule has 4 heterocycles. The lowest BCUT2D eigenvalue weighted by molar-refractivity contribution is 0.425. The summed E-state index contributed by atoms with van der Waals surface area (Å²) in [6, 6.07) is 10.1. The van der Waals surface area contributed by atoms with Gasteiger partial charge >= 0.3 is 0 Å². The molecular formula is C20H21N7. The van der Waals surface area contributed by atoms with E-state index in [9.17, 15) is 0 Å². The molecular weight excluding hydrogens is 338 g/mol. The summed E-state index contributed by atoms with van der Waals surface area (Å²) in [7, 11) is 0. The molecule has 7 nitrogen and oxygen atoms in total. The molecule has 1 aliphatic heterocycles. The van der Waals surface area contributed by atoms with Crippen molar-refractivity contribution in [3.63, 3.8) is 0 Å². The number of nitrogens with zero attached hydrogens (tertiary/aromatic N) is 6. The molecule has 5 rings (SSSR count). The third-order valence-electron chi connectivity index (χ3n) is 5.30. The predicted molar refractivity (Wildman–Crippen MR) is 104 cm³/mol. The molecule has 1 aliphatic carbocycles. The maximum Gasteiger partial charge on any atom is 0.151 e. The van der Waals surface area contributed by atoms with Gasteiger partial charge in [0.25, 0.3) is 0 Å². The molecule has 7 heteroatoms. The minimum atomic E-state index is 0.585. The Bertz CT molecular complexity index is 921. The van der Waals surface area contributed by atoms with Gasteiger partial charge < -0.3 is 10.2 Å². The number of aromatic nitrogens is 5. The number of hydrogen-bond acceptors (Lipinski definition) is 7. The van der Waals surface area contributed by atoms with E-state index in [1.165, 1.54) is 17.7 Å². The van der Waals surface area contributed by atoms with E-state index in [1.807, 2.05) is 24.3 Å². The molecule has 0 radical (unpaired) electrons. The highest BCUT2D eigenvalue weighted by molar-refractivity contribution is 5.59. The second kappa shape index (κ2) is 6.90. The van der Waals surface area contributed by atoms with Crippen LogP contribution < -0.4 is 10.2 Å². The van der Waals surface area contributed by atoms with Gasteiger partial charge in [0.2, 0.25) is 0 Å². The Hall–Kier alpha value is -3.09. The molecule has 1 fully saturated rings. The van der Waals surface area contributed by atoms with E-state index in [1.54, 1.807) is 12.4 Å². The lowest BCUT2D eigenvalue weighted by atomic mass is 10.0. The fraction of sp³-hybridized carbons (Fsp3) is 0.350. The zero-order valence-corrected chi connectivity index (χ0v) is 15.0. The van der Waals surface area contributed by atoms with Gasteiger partial charge in [0.15, 0.2) is 5.82 Å². The van der Waals surface area contributed by atoms with Gasteiger partial charge in [0, 0.05) is 43.5 Å². The molecule has 3 aromatic heterocycles. The van der Waals surface area contributed by atoms with Crippen molar-refractivity contribution in [2.45, 2.75) is 19.3 Å². The van der Waals surface area contributed by atoms with Crippen LogP contribution in [0.3, 0.4) is 0 Å². The Kier molecular flexibility index (Phi) is 4.12. The lowest BCUT2D eigenvalue weighted by Gasteiger charge is -2.40. The molecule has 27 heavy (non-hydrogen) atoms. The average Bonchev–Trinajstić information content (AvgIpc) is 3.16. The first-order valence-electron chi connectivity index (χ1n) is 9.43. The maximum absolute atomic E-state index is 4.38. The molecule has 0 bridgehead atoms. The smallest absolute Gasteiger partial charge is 0.151 e. The summed E-state index contributed by atoms with van der Waals surface area (Å²) < 4.78 is 0. The molecule has 2 aliphatic rings. The van der Waals surface area contributed by atoms with Gasteiger partial charge in [-0.25, -0.2) is 0 Å². The monoisotopic (exact) mass is 359 g/mol. The largest absolute Gasteiger partial charge is 0.368 e. The third-order valence-corrected chi connectivity index (χ3v) is 5.30. The third kappa shape index (κ3) is 3.32. The van der Waals surface area contributed by atoms with Gasteiger partial charge in [-0.05, 0) is 55.2 Å². The van der Waals surface area contributed by atoms with Gasteiger partial charge in [-0.3, -0.25) is 4.98 Å². The standard InChI is InChI=1S/C20H21N7/c1-2-16-10-19(25-23-17(16)3-1)22-11-14-12-27(13-14)20-5-4-18(24-26-20)15-6-8-21-9-7-15/h4-10,14H,1-3,11-13H2,(H,22,25). The predicted octanol–water partition coefficient (Wildman–Crippen LogP) is 2.37. The van der Waals surface area contributed by atoms with Crippen LogP contribution in [0.2, 0.25) is 0 Å². The number of aryl methyl sites for hydroxylation is 2. The zero-order chi connectivity index (χ0) is 18.1. The topological polar surface area (TPSA) is 79.7 Å². The van der Waals surface area contributed by atoms with E-state index in [4.69, 9.17) is 0 Å². The van der Waals surface area contributed by atoms with Crippen LogP contribution in [0.5, 0.6) is 0 Å². The summed E-state index contributed by atoms with van der Waals surface area (Å²) >= 11 is 0. The molecule has 0 unspecified atom stereocenters. The lowest BCUT2D eigenvalue weighted by Crippen LogP contribution is -2.50. The molecule has 0 aromatic carbocycles. The summed E-state index contributed by atoms with van der Waals surface area (Å²) in [4.78, 5) is 6.29. The SMILES string of the molecule is c1cc(-c2ccc(N3CC(CNc4cc5c(nn4)CCC5)C3)nn2)ccn1. The Balaban J connectivity index is 1.14. The van der Waals surface area contributed by atoms with E-state index in [0.717, 1.165) is 55.4 Å². The Morgan fingerprint density at radius 3 is 2.67 bits per heavy atom. The Morgan fingerprint density at radius 1 is 0.963 bits per heavy atom.